The number of anilines is 1. The molecule has 1 aliphatic heterocycles. The molecule has 1 heterocycles. The van der Waals surface area contributed by atoms with Crippen LogP contribution in [-0.4, -0.2) is 49.7 Å². The second-order valence-corrected chi connectivity index (χ2v) is 7.51. The molecule has 0 aromatic heterocycles. The first-order valence-electron chi connectivity index (χ1n) is 8.58. The molecule has 0 saturated heterocycles. The summed E-state index contributed by atoms with van der Waals surface area (Å²) in [5.74, 6) is 0.450. The van der Waals surface area contributed by atoms with Gasteiger partial charge in [-0.25, -0.2) is 0 Å². The van der Waals surface area contributed by atoms with E-state index in [1.165, 1.54) is 0 Å². The smallest absolute Gasteiger partial charge is 0.251 e. The molecule has 2 aromatic carbocycles. The Morgan fingerprint density at radius 3 is 2.81 bits per heavy atom. The summed E-state index contributed by atoms with van der Waals surface area (Å²) in [6.07, 6.45) is 0. The van der Waals surface area contributed by atoms with E-state index < -0.39 is 0 Å². The molecule has 5 nitrogen and oxygen atoms in total. The van der Waals surface area contributed by atoms with Gasteiger partial charge < -0.3 is 15.1 Å². The molecular formula is C20H23N3O2S. The van der Waals surface area contributed by atoms with Crippen LogP contribution in [0.15, 0.2) is 53.4 Å². The first-order chi connectivity index (χ1) is 12.5. The van der Waals surface area contributed by atoms with Gasteiger partial charge in [-0.1, -0.05) is 24.3 Å². The SMILES string of the molecule is CN(C)CCNC(=O)c1cccc(CN2C(=O)CSc3ccccc32)c1. The van der Waals surface area contributed by atoms with Gasteiger partial charge in [-0.15, -0.1) is 11.8 Å². The van der Waals surface area contributed by atoms with Crippen LogP contribution in [0.3, 0.4) is 0 Å². The average Bonchev–Trinajstić information content (AvgIpc) is 2.64. The normalized spacial score (nSPS) is 13.7. The summed E-state index contributed by atoms with van der Waals surface area (Å²) in [5.41, 5.74) is 2.50. The third-order valence-corrected chi connectivity index (χ3v) is 5.23. The van der Waals surface area contributed by atoms with Crippen LogP contribution in [0.4, 0.5) is 5.69 Å². The van der Waals surface area contributed by atoms with Crippen molar-refractivity contribution in [2.24, 2.45) is 0 Å². The quantitative estimate of drug-likeness (QED) is 0.850. The van der Waals surface area contributed by atoms with Crippen molar-refractivity contribution in [3.8, 4) is 0 Å². The fourth-order valence-electron chi connectivity index (χ4n) is 2.82. The van der Waals surface area contributed by atoms with Crippen LogP contribution in [0.5, 0.6) is 0 Å². The number of carbonyl (C=O) groups excluding carboxylic acids is 2. The van der Waals surface area contributed by atoms with Gasteiger partial charge in [0.25, 0.3) is 5.91 Å². The van der Waals surface area contributed by atoms with Gasteiger partial charge in [-0.3, -0.25) is 9.59 Å². The molecule has 0 atom stereocenters. The van der Waals surface area contributed by atoms with Gasteiger partial charge >= 0.3 is 0 Å². The third kappa shape index (κ3) is 4.45. The van der Waals surface area contributed by atoms with E-state index >= 15 is 0 Å². The minimum absolute atomic E-state index is 0.0883. The van der Waals surface area contributed by atoms with E-state index in [1.807, 2.05) is 61.5 Å². The third-order valence-electron chi connectivity index (χ3n) is 4.18. The standard InChI is InChI=1S/C20H23N3O2S/c1-22(2)11-10-21-20(25)16-7-5-6-15(12-16)13-23-17-8-3-4-9-18(17)26-14-19(23)24/h3-9,12H,10-11,13-14H2,1-2H3,(H,21,25). The average molecular weight is 369 g/mol. The number of fused-ring (bicyclic) bond motifs is 1. The van der Waals surface area contributed by atoms with Crippen molar-refractivity contribution < 1.29 is 9.59 Å². The van der Waals surface area contributed by atoms with Crippen molar-refractivity contribution in [2.45, 2.75) is 11.4 Å². The summed E-state index contributed by atoms with van der Waals surface area (Å²) in [5, 5.41) is 2.92. The second-order valence-electron chi connectivity index (χ2n) is 6.50. The lowest BCUT2D eigenvalue weighted by atomic mass is 10.1. The molecule has 0 bridgehead atoms. The van der Waals surface area contributed by atoms with E-state index in [9.17, 15) is 9.59 Å². The van der Waals surface area contributed by atoms with Gasteiger partial charge in [0.2, 0.25) is 5.91 Å². The highest BCUT2D eigenvalue weighted by atomic mass is 32.2. The fraction of sp³-hybridized carbons (Fsp3) is 0.300. The van der Waals surface area contributed by atoms with E-state index in [1.54, 1.807) is 22.7 Å². The topological polar surface area (TPSA) is 52.7 Å². The number of likely N-dealkylation sites (N-methyl/N-ethyl adjacent to an activating group) is 1. The molecule has 2 amide bonds. The van der Waals surface area contributed by atoms with E-state index in [2.05, 4.69) is 5.32 Å². The molecule has 1 N–H and O–H groups in total. The number of hydrogen-bond donors (Lipinski definition) is 1. The predicted octanol–water partition coefficient (Wildman–Crippen LogP) is 2.62. The Kier molecular flexibility index (Phi) is 5.96. The first kappa shape index (κ1) is 18.5. The molecule has 1 aliphatic rings. The minimum atomic E-state index is -0.0883. The van der Waals surface area contributed by atoms with Gasteiger partial charge in [-0.05, 0) is 43.9 Å². The van der Waals surface area contributed by atoms with E-state index in [4.69, 9.17) is 0 Å². The zero-order valence-electron chi connectivity index (χ0n) is 15.1. The summed E-state index contributed by atoms with van der Waals surface area (Å²) < 4.78 is 0. The highest BCUT2D eigenvalue weighted by molar-refractivity contribution is 8.00. The summed E-state index contributed by atoms with van der Waals surface area (Å²) in [6.45, 7) is 1.86. The number of carbonyl (C=O) groups is 2. The molecule has 0 fully saturated rings. The lowest BCUT2D eigenvalue weighted by molar-refractivity contribution is -0.116. The van der Waals surface area contributed by atoms with E-state index in [0.717, 1.165) is 22.7 Å². The van der Waals surface area contributed by atoms with Crippen molar-refractivity contribution in [3.63, 3.8) is 0 Å². The number of nitrogens with zero attached hydrogens (tertiary/aromatic N) is 2. The first-order valence-corrected chi connectivity index (χ1v) is 9.57. The van der Waals surface area contributed by atoms with Crippen LogP contribution in [0.1, 0.15) is 15.9 Å². The molecule has 0 radical (unpaired) electrons. The van der Waals surface area contributed by atoms with Crippen molar-refractivity contribution in [3.05, 3.63) is 59.7 Å². The molecule has 2 aromatic rings. The zero-order valence-corrected chi connectivity index (χ0v) is 15.9. The zero-order chi connectivity index (χ0) is 18.5. The Morgan fingerprint density at radius 1 is 1.19 bits per heavy atom. The number of thioether (sulfide) groups is 1. The Bertz CT molecular complexity index is 807. The van der Waals surface area contributed by atoms with E-state index in [-0.39, 0.29) is 11.8 Å². The van der Waals surface area contributed by atoms with Crippen molar-refractivity contribution in [2.75, 3.05) is 37.8 Å². The highest BCUT2D eigenvalue weighted by Gasteiger charge is 2.24. The van der Waals surface area contributed by atoms with Gasteiger partial charge in [0, 0.05) is 23.5 Å². The number of rotatable bonds is 6. The Labute approximate surface area is 158 Å². The summed E-state index contributed by atoms with van der Waals surface area (Å²) in [4.78, 5) is 29.7. The second kappa shape index (κ2) is 8.38. The number of benzene rings is 2. The van der Waals surface area contributed by atoms with Crippen LogP contribution in [-0.2, 0) is 11.3 Å². The van der Waals surface area contributed by atoms with Crippen molar-refractivity contribution >= 4 is 29.3 Å². The maximum atomic E-state index is 12.4. The van der Waals surface area contributed by atoms with Gasteiger partial charge in [0.15, 0.2) is 0 Å². The fourth-order valence-corrected chi connectivity index (χ4v) is 3.75. The Morgan fingerprint density at radius 2 is 2.00 bits per heavy atom. The number of nitrogens with one attached hydrogen (secondary N) is 1. The lowest BCUT2D eigenvalue weighted by Crippen LogP contribution is -2.35. The number of para-hydroxylation sites is 1. The lowest BCUT2D eigenvalue weighted by Gasteiger charge is -2.29. The van der Waals surface area contributed by atoms with Gasteiger partial charge in [0.05, 0.1) is 18.0 Å². The van der Waals surface area contributed by atoms with Gasteiger partial charge in [0.1, 0.15) is 0 Å². The molecule has 0 aliphatic carbocycles. The van der Waals surface area contributed by atoms with Crippen molar-refractivity contribution in [1.29, 1.82) is 0 Å². The van der Waals surface area contributed by atoms with Crippen LogP contribution in [0.25, 0.3) is 0 Å². The highest BCUT2D eigenvalue weighted by Crippen LogP contribution is 2.35. The maximum absolute atomic E-state index is 12.4. The molecule has 26 heavy (non-hydrogen) atoms. The molecule has 0 saturated carbocycles. The van der Waals surface area contributed by atoms with Crippen molar-refractivity contribution in [1.82, 2.24) is 10.2 Å². The predicted molar refractivity (Wildman–Crippen MR) is 106 cm³/mol. The molecule has 3 rings (SSSR count). The molecule has 136 valence electrons. The minimum Gasteiger partial charge on any atom is -0.351 e. The maximum Gasteiger partial charge on any atom is 0.251 e. The molecule has 6 heteroatoms. The monoisotopic (exact) mass is 369 g/mol. The Hall–Kier alpha value is -2.31. The van der Waals surface area contributed by atoms with Crippen LogP contribution < -0.4 is 10.2 Å². The number of amides is 2. The van der Waals surface area contributed by atoms with Crippen LogP contribution in [0, 0.1) is 0 Å². The summed E-state index contributed by atoms with van der Waals surface area (Å²) >= 11 is 1.57. The Balaban J connectivity index is 1.73. The van der Waals surface area contributed by atoms with Crippen LogP contribution >= 0.6 is 11.8 Å². The molecule has 0 spiro atoms. The van der Waals surface area contributed by atoms with E-state index in [0.29, 0.717) is 24.4 Å². The molecular weight excluding hydrogens is 346 g/mol. The summed E-state index contributed by atoms with van der Waals surface area (Å²) in [7, 11) is 3.94. The number of hydrogen-bond acceptors (Lipinski definition) is 4. The van der Waals surface area contributed by atoms with Crippen LogP contribution in [0.2, 0.25) is 0 Å². The summed E-state index contributed by atoms with van der Waals surface area (Å²) in [6, 6.07) is 15.4. The largest absolute Gasteiger partial charge is 0.351 e. The molecule has 0 unspecified atom stereocenters. The van der Waals surface area contributed by atoms with Gasteiger partial charge in [-0.2, -0.15) is 0 Å².